The van der Waals surface area contributed by atoms with Gasteiger partial charge < -0.3 is 0 Å². The largest absolute Gasteiger partial charge is 0.272 e. The number of nitro groups is 1. The number of isocyanates is 1. The fourth-order valence-electron chi connectivity index (χ4n) is 2.23. The van der Waals surface area contributed by atoms with E-state index in [4.69, 9.17) is 0 Å². The van der Waals surface area contributed by atoms with E-state index in [0.717, 1.165) is 17.7 Å². The Kier molecular flexibility index (Phi) is 4.71. The Morgan fingerprint density at radius 2 is 2.00 bits per heavy atom. The molecule has 0 bridgehead atoms. The number of thioether (sulfide) groups is 1. The zero-order valence-corrected chi connectivity index (χ0v) is 11.2. The molecule has 1 aliphatic carbocycles. The average molecular weight is 278 g/mol. The summed E-state index contributed by atoms with van der Waals surface area (Å²) in [6.07, 6.45) is 7.40. The minimum absolute atomic E-state index is 0.0326. The van der Waals surface area contributed by atoms with Gasteiger partial charge in [0.25, 0.3) is 5.69 Å². The van der Waals surface area contributed by atoms with E-state index in [1.54, 1.807) is 23.9 Å². The summed E-state index contributed by atoms with van der Waals surface area (Å²) in [5.41, 5.74) is 0.261. The summed E-state index contributed by atoms with van der Waals surface area (Å²) in [4.78, 5) is 25.0. The SMILES string of the molecule is O=C=Nc1cc(SC2CCCCC2)cc([N+](=O)[O-])c1. The van der Waals surface area contributed by atoms with Crippen molar-refractivity contribution in [3.63, 3.8) is 0 Å². The monoisotopic (exact) mass is 278 g/mol. The molecule has 2 rings (SSSR count). The van der Waals surface area contributed by atoms with Crippen LogP contribution in [0.2, 0.25) is 0 Å². The molecule has 19 heavy (non-hydrogen) atoms. The number of nitro benzene ring substituents is 1. The van der Waals surface area contributed by atoms with Gasteiger partial charge >= 0.3 is 0 Å². The summed E-state index contributed by atoms with van der Waals surface area (Å²) in [6, 6.07) is 4.54. The van der Waals surface area contributed by atoms with Gasteiger partial charge in [-0.3, -0.25) is 10.1 Å². The standard InChI is InChI=1S/C13H14N2O3S/c16-9-14-10-6-11(15(17)18)8-13(7-10)19-12-4-2-1-3-5-12/h6-8,12H,1-5H2. The molecule has 1 saturated carbocycles. The van der Waals surface area contributed by atoms with Crippen LogP contribution < -0.4 is 0 Å². The maximum absolute atomic E-state index is 10.9. The molecule has 0 amide bonds. The van der Waals surface area contributed by atoms with E-state index in [9.17, 15) is 14.9 Å². The topological polar surface area (TPSA) is 72.6 Å². The molecule has 0 atom stereocenters. The Hall–Kier alpha value is -1.65. The second-order valence-corrected chi connectivity index (χ2v) is 5.90. The van der Waals surface area contributed by atoms with Crippen molar-refractivity contribution in [2.75, 3.05) is 0 Å². The van der Waals surface area contributed by atoms with Crippen molar-refractivity contribution in [3.05, 3.63) is 28.3 Å². The lowest BCUT2D eigenvalue weighted by molar-refractivity contribution is -0.385. The number of non-ortho nitro benzene ring substituents is 1. The second-order valence-electron chi connectivity index (χ2n) is 4.52. The van der Waals surface area contributed by atoms with Crippen LogP contribution in [0.15, 0.2) is 28.1 Å². The van der Waals surface area contributed by atoms with Crippen LogP contribution in [0, 0.1) is 10.1 Å². The van der Waals surface area contributed by atoms with E-state index in [1.165, 1.54) is 31.4 Å². The maximum atomic E-state index is 10.9. The van der Waals surface area contributed by atoms with Gasteiger partial charge in [0.1, 0.15) is 0 Å². The van der Waals surface area contributed by atoms with E-state index >= 15 is 0 Å². The van der Waals surface area contributed by atoms with Gasteiger partial charge in [-0.1, -0.05) is 19.3 Å². The molecule has 0 spiro atoms. The van der Waals surface area contributed by atoms with Crippen LogP contribution >= 0.6 is 11.8 Å². The van der Waals surface area contributed by atoms with Crippen molar-refractivity contribution in [1.29, 1.82) is 0 Å². The highest BCUT2D eigenvalue weighted by Crippen LogP contribution is 2.36. The van der Waals surface area contributed by atoms with Gasteiger partial charge in [-0.25, -0.2) is 4.79 Å². The van der Waals surface area contributed by atoms with Crippen molar-refractivity contribution in [3.8, 4) is 0 Å². The van der Waals surface area contributed by atoms with Crippen LogP contribution in [-0.2, 0) is 4.79 Å². The maximum Gasteiger partial charge on any atom is 0.272 e. The van der Waals surface area contributed by atoms with Crippen LogP contribution in [0.25, 0.3) is 0 Å². The van der Waals surface area contributed by atoms with Crippen molar-refractivity contribution in [1.82, 2.24) is 0 Å². The molecule has 0 saturated heterocycles. The van der Waals surface area contributed by atoms with Gasteiger partial charge in [0.2, 0.25) is 6.08 Å². The molecule has 6 heteroatoms. The van der Waals surface area contributed by atoms with Gasteiger partial charge in [-0.15, -0.1) is 11.8 Å². The van der Waals surface area contributed by atoms with Gasteiger partial charge in [-0.05, 0) is 18.9 Å². The average Bonchev–Trinajstić information content (AvgIpc) is 2.40. The van der Waals surface area contributed by atoms with Crippen molar-refractivity contribution in [2.24, 2.45) is 4.99 Å². The fourth-order valence-corrected chi connectivity index (χ4v) is 3.57. The quantitative estimate of drug-likeness (QED) is 0.361. The van der Waals surface area contributed by atoms with Crippen LogP contribution in [0.4, 0.5) is 11.4 Å². The Labute approximate surface area is 115 Å². The predicted molar refractivity (Wildman–Crippen MR) is 73.6 cm³/mol. The lowest BCUT2D eigenvalue weighted by Crippen LogP contribution is -2.07. The Bertz CT molecular complexity index is 500. The molecule has 1 aliphatic rings. The molecule has 1 aromatic carbocycles. The van der Waals surface area contributed by atoms with E-state index in [2.05, 4.69) is 4.99 Å². The molecule has 0 radical (unpaired) electrons. The van der Waals surface area contributed by atoms with Gasteiger partial charge in [0.05, 0.1) is 10.6 Å². The first-order valence-corrected chi connectivity index (χ1v) is 7.11. The third-order valence-electron chi connectivity index (χ3n) is 3.12. The lowest BCUT2D eigenvalue weighted by atomic mass is 10.0. The van der Waals surface area contributed by atoms with Crippen LogP contribution in [0.3, 0.4) is 0 Å². The molecule has 5 nitrogen and oxygen atoms in total. The van der Waals surface area contributed by atoms with Crippen molar-refractivity contribution in [2.45, 2.75) is 42.2 Å². The summed E-state index contributed by atoms with van der Waals surface area (Å²) in [6.45, 7) is 0. The number of carbonyl (C=O) groups excluding carboxylic acids is 1. The minimum Gasteiger partial charge on any atom is -0.258 e. The number of benzene rings is 1. The molecule has 0 aliphatic heterocycles. The first-order valence-electron chi connectivity index (χ1n) is 6.23. The van der Waals surface area contributed by atoms with Crippen LogP contribution in [-0.4, -0.2) is 16.3 Å². The van der Waals surface area contributed by atoms with E-state index < -0.39 is 4.92 Å². The van der Waals surface area contributed by atoms with Crippen LogP contribution in [0.1, 0.15) is 32.1 Å². The third-order valence-corrected chi connectivity index (χ3v) is 4.43. The summed E-state index contributed by atoms with van der Waals surface area (Å²) < 4.78 is 0. The van der Waals surface area contributed by atoms with Gasteiger partial charge in [-0.2, -0.15) is 4.99 Å². The van der Waals surface area contributed by atoms with E-state index in [0.29, 0.717) is 10.9 Å². The van der Waals surface area contributed by atoms with E-state index in [-0.39, 0.29) is 5.69 Å². The first-order chi connectivity index (χ1) is 9.19. The fraction of sp³-hybridized carbons (Fsp3) is 0.462. The second kappa shape index (κ2) is 6.50. The van der Waals surface area contributed by atoms with Crippen molar-refractivity contribution < 1.29 is 9.72 Å². The van der Waals surface area contributed by atoms with Crippen LogP contribution in [0.5, 0.6) is 0 Å². The summed E-state index contributed by atoms with van der Waals surface area (Å²) in [7, 11) is 0. The molecule has 100 valence electrons. The predicted octanol–water partition coefficient (Wildman–Crippen LogP) is 3.99. The number of nitrogens with zero attached hydrogens (tertiary/aromatic N) is 2. The molecule has 1 fully saturated rings. The zero-order valence-electron chi connectivity index (χ0n) is 10.4. The van der Waals surface area contributed by atoms with Crippen molar-refractivity contribution >= 4 is 29.2 Å². The molecule has 0 N–H and O–H groups in total. The van der Waals surface area contributed by atoms with Gasteiger partial charge in [0, 0.05) is 22.3 Å². The number of hydrogen-bond donors (Lipinski definition) is 0. The Morgan fingerprint density at radius 1 is 1.26 bits per heavy atom. The normalized spacial score (nSPS) is 15.8. The molecular formula is C13H14N2O3S. The molecule has 0 heterocycles. The third kappa shape index (κ3) is 3.91. The number of aliphatic imine (C=N–C) groups is 1. The van der Waals surface area contributed by atoms with E-state index in [1.807, 2.05) is 0 Å². The molecule has 0 aromatic heterocycles. The summed E-state index contributed by atoms with van der Waals surface area (Å²) in [5.74, 6) is 0. The first kappa shape index (κ1) is 13.8. The lowest BCUT2D eigenvalue weighted by Gasteiger charge is -2.20. The summed E-state index contributed by atoms with van der Waals surface area (Å²) in [5, 5.41) is 11.4. The zero-order chi connectivity index (χ0) is 13.7. The highest BCUT2D eigenvalue weighted by atomic mass is 32.2. The highest BCUT2D eigenvalue weighted by Gasteiger charge is 2.17. The molecular weight excluding hydrogens is 264 g/mol. The molecule has 1 aromatic rings. The highest BCUT2D eigenvalue weighted by molar-refractivity contribution is 8.00. The molecule has 0 unspecified atom stereocenters. The Balaban J connectivity index is 2.22. The number of rotatable bonds is 4. The van der Waals surface area contributed by atoms with Gasteiger partial charge in [0.15, 0.2) is 0 Å². The number of hydrogen-bond acceptors (Lipinski definition) is 5. The summed E-state index contributed by atoms with van der Waals surface area (Å²) >= 11 is 1.64. The smallest absolute Gasteiger partial charge is 0.258 e. The minimum atomic E-state index is -0.464. The Morgan fingerprint density at radius 3 is 2.63 bits per heavy atom.